The summed E-state index contributed by atoms with van der Waals surface area (Å²) in [5, 5.41) is 8.91. The van der Waals surface area contributed by atoms with Crippen LogP contribution in [-0.2, 0) is 11.3 Å². The quantitative estimate of drug-likeness (QED) is 0.892. The molecule has 1 aromatic heterocycles. The summed E-state index contributed by atoms with van der Waals surface area (Å²) in [6, 6.07) is 5.02. The fourth-order valence-corrected chi connectivity index (χ4v) is 2.39. The summed E-state index contributed by atoms with van der Waals surface area (Å²) < 4.78 is 0. The van der Waals surface area contributed by atoms with Crippen LogP contribution in [0.4, 0.5) is 0 Å². The average molecular weight is 262 g/mol. The molecule has 0 amide bonds. The van der Waals surface area contributed by atoms with Gasteiger partial charge in [-0.3, -0.25) is 9.69 Å². The Morgan fingerprint density at radius 1 is 1.53 bits per heavy atom. The number of hydrogen-bond acceptors (Lipinski definition) is 4. The normalized spacial score (nSPS) is 20.5. The number of piperidine rings is 1. The number of aromatic nitrogens is 1. The molecule has 102 valence electrons. The molecule has 1 N–H and O–H groups in total. The van der Waals surface area contributed by atoms with E-state index in [1.807, 2.05) is 13.0 Å². The molecular formula is C14H18N2O3. The molecule has 5 nitrogen and oxygen atoms in total. The van der Waals surface area contributed by atoms with Crippen LogP contribution in [0.15, 0.2) is 18.2 Å². The summed E-state index contributed by atoms with van der Waals surface area (Å²) in [5.41, 5.74) is 0.807. The Balaban J connectivity index is 2.03. The molecular weight excluding hydrogens is 244 g/mol. The van der Waals surface area contributed by atoms with E-state index in [0.29, 0.717) is 18.7 Å². The van der Waals surface area contributed by atoms with Crippen molar-refractivity contribution in [2.45, 2.75) is 26.3 Å². The third kappa shape index (κ3) is 3.38. The Hall–Kier alpha value is -1.75. The smallest absolute Gasteiger partial charge is 0.354 e. The second-order valence-electron chi connectivity index (χ2n) is 4.88. The largest absolute Gasteiger partial charge is 0.477 e. The number of ketones is 1. The number of carboxylic acid groups (broad SMARTS) is 1. The van der Waals surface area contributed by atoms with Gasteiger partial charge in [0.2, 0.25) is 0 Å². The van der Waals surface area contributed by atoms with Crippen molar-refractivity contribution in [3.8, 4) is 0 Å². The number of Topliss-reactive ketones (excluding diaryl/α,β-unsaturated/α-hetero) is 1. The van der Waals surface area contributed by atoms with Gasteiger partial charge < -0.3 is 5.11 Å². The van der Waals surface area contributed by atoms with Gasteiger partial charge in [0, 0.05) is 32.0 Å². The van der Waals surface area contributed by atoms with Crippen LogP contribution in [0.5, 0.6) is 0 Å². The van der Waals surface area contributed by atoms with Crippen LogP contribution >= 0.6 is 0 Å². The van der Waals surface area contributed by atoms with Crippen molar-refractivity contribution in [1.82, 2.24) is 9.88 Å². The SMILES string of the molecule is CCC1CN(Cc2cccc(C(=O)O)n2)CCC1=O. The van der Waals surface area contributed by atoms with E-state index >= 15 is 0 Å². The van der Waals surface area contributed by atoms with Crippen molar-refractivity contribution in [2.75, 3.05) is 13.1 Å². The molecule has 1 aromatic rings. The van der Waals surface area contributed by atoms with Gasteiger partial charge in [-0.25, -0.2) is 9.78 Å². The van der Waals surface area contributed by atoms with Gasteiger partial charge in [0.05, 0.1) is 5.69 Å². The minimum Gasteiger partial charge on any atom is -0.477 e. The van der Waals surface area contributed by atoms with E-state index in [-0.39, 0.29) is 11.6 Å². The predicted octanol–water partition coefficient (Wildman–Crippen LogP) is 1.58. The molecule has 1 atom stereocenters. The fourth-order valence-electron chi connectivity index (χ4n) is 2.39. The molecule has 2 heterocycles. The lowest BCUT2D eigenvalue weighted by Gasteiger charge is -2.30. The molecule has 1 unspecified atom stereocenters. The van der Waals surface area contributed by atoms with Gasteiger partial charge in [-0.1, -0.05) is 13.0 Å². The topological polar surface area (TPSA) is 70.5 Å². The Kier molecular flexibility index (Phi) is 4.27. The Labute approximate surface area is 112 Å². The summed E-state index contributed by atoms with van der Waals surface area (Å²) in [7, 11) is 0. The zero-order valence-corrected chi connectivity index (χ0v) is 11.0. The summed E-state index contributed by atoms with van der Waals surface area (Å²) in [6.07, 6.45) is 1.44. The van der Waals surface area contributed by atoms with Crippen LogP contribution in [0.1, 0.15) is 35.9 Å². The summed E-state index contributed by atoms with van der Waals surface area (Å²) in [6.45, 7) is 4.10. The van der Waals surface area contributed by atoms with Crippen molar-refractivity contribution in [2.24, 2.45) is 5.92 Å². The third-order valence-corrected chi connectivity index (χ3v) is 3.51. The molecule has 0 spiro atoms. The molecule has 1 aliphatic rings. The van der Waals surface area contributed by atoms with Crippen molar-refractivity contribution in [1.29, 1.82) is 0 Å². The number of nitrogens with zero attached hydrogens (tertiary/aromatic N) is 2. The third-order valence-electron chi connectivity index (χ3n) is 3.51. The van der Waals surface area contributed by atoms with Gasteiger partial charge in [0.1, 0.15) is 11.5 Å². The number of pyridine rings is 1. The number of hydrogen-bond donors (Lipinski definition) is 1. The van der Waals surface area contributed by atoms with Crippen LogP contribution in [0.25, 0.3) is 0 Å². The summed E-state index contributed by atoms with van der Waals surface area (Å²) in [4.78, 5) is 28.8. The van der Waals surface area contributed by atoms with Crippen molar-refractivity contribution in [3.63, 3.8) is 0 Å². The first-order valence-corrected chi connectivity index (χ1v) is 6.54. The van der Waals surface area contributed by atoms with Gasteiger partial charge in [0.25, 0.3) is 0 Å². The van der Waals surface area contributed by atoms with Crippen molar-refractivity contribution >= 4 is 11.8 Å². The van der Waals surface area contributed by atoms with Gasteiger partial charge in [0.15, 0.2) is 0 Å². The molecule has 0 radical (unpaired) electrons. The van der Waals surface area contributed by atoms with Crippen LogP contribution < -0.4 is 0 Å². The second kappa shape index (κ2) is 5.93. The number of carbonyl (C=O) groups is 2. The van der Waals surface area contributed by atoms with Crippen LogP contribution in [0.3, 0.4) is 0 Å². The molecule has 0 aromatic carbocycles. The highest BCUT2D eigenvalue weighted by Crippen LogP contribution is 2.17. The van der Waals surface area contributed by atoms with E-state index in [1.165, 1.54) is 6.07 Å². The van der Waals surface area contributed by atoms with E-state index in [4.69, 9.17) is 5.11 Å². The molecule has 1 fully saturated rings. The average Bonchev–Trinajstić information content (AvgIpc) is 2.41. The second-order valence-corrected chi connectivity index (χ2v) is 4.88. The molecule has 1 aliphatic heterocycles. The summed E-state index contributed by atoms with van der Waals surface area (Å²) >= 11 is 0. The lowest BCUT2D eigenvalue weighted by Crippen LogP contribution is -2.40. The standard InChI is InChI=1S/C14H18N2O3/c1-2-10-8-16(7-6-13(10)17)9-11-4-3-5-12(15-11)14(18)19/h3-5,10H,2,6-9H2,1H3,(H,18,19). The van der Waals surface area contributed by atoms with Gasteiger partial charge in [-0.2, -0.15) is 0 Å². The van der Waals surface area contributed by atoms with Crippen LogP contribution in [0.2, 0.25) is 0 Å². The van der Waals surface area contributed by atoms with Crippen molar-refractivity contribution in [3.05, 3.63) is 29.6 Å². The molecule has 0 bridgehead atoms. The minimum absolute atomic E-state index is 0.0672. The first-order valence-electron chi connectivity index (χ1n) is 6.54. The monoisotopic (exact) mass is 262 g/mol. The number of rotatable bonds is 4. The highest BCUT2D eigenvalue weighted by molar-refractivity contribution is 5.85. The van der Waals surface area contributed by atoms with E-state index < -0.39 is 5.97 Å². The number of carboxylic acids is 1. The number of carbonyl (C=O) groups excluding carboxylic acids is 1. The van der Waals surface area contributed by atoms with Crippen LogP contribution in [0, 0.1) is 5.92 Å². The van der Waals surface area contributed by atoms with Crippen molar-refractivity contribution < 1.29 is 14.7 Å². The zero-order chi connectivity index (χ0) is 13.8. The Morgan fingerprint density at radius 2 is 2.32 bits per heavy atom. The number of aromatic carboxylic acids is 1. The molecule has 0 saturated carbocycles. The fraction of sp³-hybridized carbons (Fsp3) is 0.500. The zero-order valence-electron chi connectivity index (χ0n) is 11.0. The molecule has 0 aliphatic carbocycles. The molecule has 19 heavy (non-hydrogen) atoms. The minimum atomic E-state index is -1.01. The van der Waals surface area contributed by atoms with Gasteiger partial charge >= 0.3 is 5.97 Å². The molecule has 5 heteroatoms. The molecule has 2 rings (SSSR count). The molecule has 1 saturated heterocycles. The highest BCUT2D eigenvalue weighted by atomic mass is 16.4. The Morgan fingerprint density at radius 3 is 3.00 bits per heavy atom. The van der Waals surface area contributed by atoms with E-state index in [1.54, 1.807) is 6.07 Å². The van der Waals surface area contributed by atoms with E-state index in [2.05, 4.69) is 9.88 Å². The number of likely N-dealkylation sites (tertiary alicyclic amines) is 1. The lowest BCUT2D eigenvalue weighted by atomic mass is 9.94. The maximum absolute atomic E-state index is 11.6. The summed E-state index contributed by atoms with van der Waals surface area (Å²) in [5.74, 6) is -0.565. The lowest BCUT2D eigenvalue weighted by molar-refractivity contribution is -0.126. The first-order chi connectivity index (χ1) is 9.10. The van der Waals surface area contributed by atoms with Gasteiger partial charge in [-0.15, -0.1) is 0 Å². The Bertz CT molecular complexity index is 487. The van der Waals surface area contributed by atoms with E-state index in [0.717, 1.165) is 25.2 Å². The van der Waals surface area contributed by atoms with E-state index in [9.17, 15) is 9.59 Å². The van der Waals surface area contributed by atoms with Crippen LogP contribution in [-0.4, -0.2) is 39.8 Å². The maximum Gasteiger partial charge on any atom is 0.354 e. The predicted molar refractivity (Wildman–Crippen MR) is 69.9 cm³/mol. The maximum atomic E-state index is 11.6. The highest BCUT2D eigenvalue weighted by Gasteiger charge is 2.25. The first kappa shape index (κ1) is 13.7. The van der Waals surface area contributed by atoms with Gasteiger partial charge in [-0.05, 0) is 18.6 Å².